The summed E-state index contributed by atoms with van der Waals surface area (Å²) in [6.07, 6.45) is 0.693. The van der Waals surface area contributed by atoms with Gasteiger partial charge in [0.1, 0.15) is 5.01 Å². The summed E-state index contributed by atoms with van der Waals surface area (Å²) in [4.78, 5) is 12.1. The lowest BCUT2D eigenvalue weighted by Gasteiger charge is -2.08. The second kappa shape index (κ2) is 5.30. The number of amides is 2. The molecule has 2 heterocycles. The number of aryl methyl sites for hydroxylation is 1. The number of fused-ring (bicyclic) bond motifs is 1. The number of hydrogen-bond acceptors (Lipinski definition) is 5. The maximum Gasteiger partial charge on any atom is 0.314 e. The second-order valence-corrected chi connectivity index (χ2v) is 5.28. The first-order chi connectivity index (χ1) is 8.56. The molecule has 0 atom stereocenters. The number of rotatable bonds is 4. The van der Waals surface area contributed by atoms with E-state index in [0.717, 1.165) is 15.8 Å². The summed E-state index contributed by atoms with van der Waals surface area (Å²) in [6, 6.07) is -0.00828. The van der Waals surface area contributed by atoms with E-state index in [4.69, 9.17) is 0 Å². The highest BCUT2D eigenvalue weighted by Gasteiger charge is 2.08. The van der Waals surface area contributed by atoms with Crippen LogP contribution in [0.15, 0.2) is 0 Å². The molecule has 8 heteroatoms. The summed E-state index contributed by atoms with van der Waals surface area (Å²) in [7, 11) is 0. The number of nitrogens with zero attached hydrogens (tertiary/aromatic N) is 4. The van der Waals surface area contributed by atoms with Crippen molar-refractivity contribution < 1.29 is 4.79 Å². The third-order valence-electron chi connectivity index (χ3n) is 2.23. The monoisotopic (exact) mass is 268 g/mol. The van der Waals surface area contributed by atoms with Gasteiger partial charge >= 0.3 is 6.03 Å². The van der Waals surface area contributed by atoms with Crippen molar-refractivity contribution in [1.82, 2.24) is 30.4 Å². The van der Waals surface area contributed by atoms with Gasteiger partial charge in [-0.15, -0.1) is 10.2 Å². The molecule has 0 spiro atoms. The smallest absolute Gasteiger partial charge is 0.314 e. The standard InChI is InChI=1S/C10H16N6OS/c1-6(2)12-9(17)11-5-4-8-15-16-7(3)13-14-10(16)18-8/h6H,4-5H2,1-3H3,(H2,11,12,17). The van der Waals surface area contributed by atoms with Crippen LogP contribution in [0.25, 0.3) is 4.96 Å². The molecule has 0 aromatic carbocycles. The fourth-order valence-corrected chi connectivity index (χ4v) is 2.33. The average molecular weight is 268 g/mol. The zero-order valence-electron chi connectivity index (χ0n) is 10.6. The second-order valence-electron chi connectivity index (χ2n) is 4.24. The van der Waals surface area contributed by atoms with Crippen LogP contribution in [0.5, 0.6) is 0 Å². The number of aromatic nitrogens is 4. The fraction of sp³-hybridized carbons (Fsp3) is 0.600. The van der Waals surface area contributed by atoms with Crippen molar-refractivity contribution in [2.24, 2.45) is 0 Å². The molecule has 0 fully saturated rings. The fourth-order valence-electron chi connectivity index (χ4n) is 1.45. The highest BCUT2D eigenvalue weighted by Crippen LogP contribution is 2.13. The van der Waals surface area contributed by atoms with Crippen molar-refractivity contribution in [2.45, 2.75) is 33.2 Å². The van der Waals surface area contributed by atoms with E-state index in [9.17, 15) is 4.79 Å². The van der Waals surface area contributed by atoms with E-state index in [2.05, 4.69) is 25.9 Å². The lowest BCUT2D eigenvalue weighted by molar-refractivity contribution is 0.238. The number of urea groups is 1. The highest BCUT2D eigenvalue weighted by molar-refractivity contribution is 7.16. The maximum absolute atomic E-state index is 11.4. The van der Waals surface area contributed by atoms with Gasteiger partial charge in [-0.25, -0.2) is 4.79 Å². The quantitative estimate of drug-likeness (QED) is 0.856. The number of hydrogen-bond donors (Lipinski definition) is 2. The van der Waals surface area contributed by atoms with Crippen LogP contribution in [0, 0.1) is 6.92 Å². The van der Waals surface area contributed by atoms with E-state index in [1.54, 1.807) is 4.52 Å². The number of carbonyl (C=O) groups is 1. The van der Waals surface area contributed by atoms with E-state index in [1.807, 2.05) is 20.8 Å². The van der Waals surface area contributed by atoms with E-state index in [-0.39, 0.29) is 12.1 Å². The Bertz CT molecular complexity index is 546. The van der Waals surface area contributed by atoms with Gasteiger partial charge in [-0.2, -0.15) is 9.61 Å². The van der Waals surface area contributed by atoms with Gasteiger partial charge in [0, 0.05) is 19.0 Å². The maximum atomic E-state index is 11.4. The van der Waals surface area contributed by atoms with Crippen LogP contribution < -0.4 is 10.6 Å². The zero-order valence-corrected chi connectivity index (χ0v) is 11.4. The normalized spacial score (nSPS) is 11.1. The van der Waals surface area contributed by atoms with Crippen molar-refractivity contribution >= 4 is 22.3 Å². The van der Waals surface area contributed by atoms with Crippen LogP contribution in [-0.2, 0) is 6.42 Å². The predicted octanol–water partition coefficient (Wildman–Crippen LogP) is 0.744. The molecular formula is C10H16N6OS. The summed E-state index contributed by atoms with van der Waals surface area (Å²) in [5, 5.41) is 18.8. The Morgan fingerprint density at radius 3 is 2.89 bits per heavy atom. The van der Waals surface area contributed by atoms with Gasteiger partial charge in [-0.3, -0.25) is 0 Å². The van der Waals surface area contributed by atoms with Crippen LogP contribution in [0.1, 0.15) is 24.7 Å². The Balaban J connectivity index is 1.85. The first-order valence-corrected chi connectivity index (χ1v) is 6.60. The van der Waals surface area contributed by atoms with Gasteiger partial charge in [-0.05, 0) is 20.8 Å². The molecule has 18 heavy (non-hydrogen) atoms. The summed E-state index contributed by atoms with van der Waals surface area (Å²) in [6.45, 7) is 6.26. The molecular weight excluding hydrogens is 252 g/mol. The Kier molecular flexibility index (Phi) is 3.75. The minimum absolute atomic E-state index is 0.141. The molecule has 2 aromatic rings. The van der Waals surface area contributed by atoms with E-state index in [0.29, 0.717) is 13.0 Å². The summed E-state index contributed by atoms with van der Waals surface area (Å²) >= 11 is 1.49. The molecule has 0 saturated heterocycles. The van der Waals surface area contributed by atoms with Crippen LogP contribution >= 0.6 is 11.3 Å². The van der Waals surface area contributed by atoms with Crippen molar-refractivity contribution in [3.8, 4) is 0 Å². The molecule has 0 aliphatic rings. The molecule has 7 nitrogen and oxygen atoms in total. The molecule has 2 N–H and O–H groups in total. The van der Waals surface area contributed by atoms with Crippen molar-refractivity contribution in [3.63, 3.8) is 0 Å². The van der Waals surface area contributed by atoms with Gasteiger partial charge in [0.2, 0.25) is 4.96 Å². The Morgan fingerprint density at radius 2 is 2.22 bits per heavy atom. The molecule has 0 aliphatic carbocycles. The minimum Gasteiger partial charge on any atom is -0.338 e. The number of nitrogens with one attached hydrogen (secondary N) is 2. The van der Waals surface area contributed by atoms with E-state index >= 15 is 0 Å². The van der Waals surface area contributed by atoms with Crippen LogP contribution in [0.2, 0.25) is 0 Å². The van der Waals surface area contributed by atoms with Crippen molar-refractivity contribution in [2.75, 3.05) is 6.54 Å². The minimum atomic E-state index is -0.149. The van der Waals surface area contributed by atoms with Gasteiger partial charge in [0.15, 0.2) is 5.82 Å². The SMILES string of the molecule is Cc1nnc2sc(CCNC(=O)NC(C)C)nn12. The summed E-state index contributed by atoms with van der Waals surface area (Å²) in [5.74, 6) is 0.776. The molecule has 98 valence electrons. The Hall–Kier alpha value is -1.70. The third kappa shape index (κ3) is 2.95. The third-order valence-corrected chi connectivity index (χ3v) is 3.19. The molecule has 0 saturated carbocycles. The molecule has 0 unspecified atom stereocenters. The molecule has 2 amide bonds. The molecule has 2 rings (SSSR count). The average Bonchev–Trinajstić information content (AvgIpc) is 2.80. The summed E-state index contributed by atoms with van der Waals surface area (Å²) in [5.41, 5.74) is 0. The lowest BCUT2D eigenvalue weighted by Crippen LogP contribution is -2.40. The zero-order chi connectivity index (χ0) is 13.1. The lowest BCUT2D eigenvalue weighted by atomic mass is 10.4. The first-order valence-electron chi connectivity index (χ1n) is 5.78. The molecule has 0 aliphatic heterocycles. The van der Waals surface area contributed by atoms with Gasteiger partial charge in [0.05, 0.1) is 0 Å². The topological polar surface area (TPSA) is 84.2 Å². The molecule has 0 radical (unpaired) electrons. The van der Waals surface area contributed by atoms with Gasteiger partial charge in [0.25, 0.3) is 0 Å². The van der Waals surface area contributed by atoms with Crippen LogP contribution in [0.4, 0.5) is 4.79 Å². The van der Waals surface area contributed by atoms with E-state index in [1.165, 1.54) is 11.3 Å². The van der Waals surface area contributed by atoms with Gasteiger partial charge in [-0.1, -0.05) is 11.3 Å². The predicted molar refractivity (Wildman–Crippen MR) is 68.8 cm³/mol. The van der Waals surface area contributed by atoms with Crippen LogP contribution in [0.3, 0.4) is 0 Å². The van der Waals surface area contributed by atoms with Crippen molar-refractivity contribution in [3.05, 3.63) is 10.8 Å². The molecule has 2 aromatic heterocycles. The Morgan fingerprint density at radius 1 is 1.44 bits per heavy atom. The summed E-state index contributed by atoms with van der Waals surface area (Å²) < 4.78 is 1.72. The highest BCUT2D eigenvalue weighted by atomic mass is 32.1. The first kappa shape index (κ1) is 12.7. The van der Waals surface area contributed by atoms with Gasteiger partial charge < -0.3 is 10.6 Å². The van der Waals surface area contributed by atoms with Crippen LogP contribution in [-0.4, -0.2) is 38.4 Å². The Labute approximate surface area is 109 Å². The van der Waals surface area contributed by atoms with E-state index < -0.39 is 0 Å². The largest absolute Gasteiger partial charge is 0.338 e. The molecule has 0 bridgehead atoms. The number of carbonyl (C=O) groups excluding carboxylic acids is 1. The van der Waals surface area contributed by atoms with Crippen molar-refractivity contribution in [1.29, 1.82) is 0 Å².